The Morgan fingerprint density at radius 1 is 1.06 bits per heavy atom. The second-order valence-corrected chi connectivity index (χ2v) is 9.65. The molecule has 1 amide bonds. The Balaban J connectivity index is 1.43. The number of aromatic carboxylic acids is 1. The molecule has 0 radical (unpaired) electrons. The van der Waals surface area contributed by atoms with Crippen LogP contribution in [0.4, 0.5) is 10.9 Å². The molecule has 0 aliphatic carbocycles. The predicted octanol–water partition coefficient (Wildman–Crippen LogP) is 5.33. The molecule has 8 heteroatoms. The number of anilines is 2. The number of amides is 1. The van der Waals surface area contributed by atoms with Gasteiger partial charge in [0.25, 0.3) is 5.91 Å². The lowest BCUT2D eigenvalue weighted by molar-refractivity contribution is 0.0688. The van der Waals surface area contributed by atoms with Gasteiger partial charge in [0, 0.05) is 18.7 Å². The first-order valence-electron chi connectivity index (χ1n) is 11.2. The molecule has 0 saturated heterocycles. The fourth-order valence-corrected chi connectivity index (χ4v) is 5.21. The Kier molecular flexibility index (Phi) is 5.75. The molecule has 0 spiro atoms. The van der Waals surface area contributed by atoms with Crippen LogP contribution >= 0.6 is 11.3 Å². The van der Waals surface area contributed by atoms with Crippen LogP contribution in [0.15, 0.2) is 54.6 Å². The third kappa shape index (κ3) is 4.12. The number of aromatic nitrogens is 2. The number of pyridine rings is 1. The first-order valence-corrected chi connectivity index (χ1v) is 12.0. The number of para-hydroxylation sites is 1. The summed E-state index contributed by atoms with van der Waals surface area (Å²) in [7, 11) is 0. The highest BCUT2D eigenvalue weighted by atomic mass is 32.1. The second kappa shape index (κ2) is 8.87. The van der Waals surface area contributed by atoms with Crippen molar-refractivity contribution < 1.29 is 14.7 Å². The molecule has 0 bridgehead atoms. The van der Waals surface area contributed by atoms with E-state index in [9.17, 15) is 14.7 Å². The Morgan fingerprint density at radius 3 is 2.65 bits per heavy atom. The molecule has 1 aliphatic heterocycles. The number of carbonyl (C=O) groups excluding carboxylic acids is 1. The van der Waals surface area contributed by atoms with Crippen molar-refractivity contribution in [2.24, 2.45) is 0 Å². The number of carbonyl (C=O) groups is 2. The maximum atomic E-state index is 13.2. The van der Waals surface area contributed by atoms with Gasteiger partial charge in [-0.1, -0.05) is 55.5 Å². The van der Waals surface area contributed by atoms with Crippen LogP contribution in [-0.4, -0.2) is 33.5 Å². The number of fused-ring (bicyclic) bond motifs is 2. The van der Waals surface area contributed by atoms with Crippen molar-refractivity contribution in [1.82, 2.24) is 9.97 Å². The molecular formula is C26H24N4O3S. The van der Waals surface area contributed by atoms with Crippen LogP contribution in [-0.2, 0) is 13.0 Å². The van der Waals surface area contributed by atoms with Crippen molar-refractivity contribution in [3.8, 4) is 0 Å². The van der Waals surface area contributed by atoms with Gasteiger partial charge in [0.05, 0.1) is 10.2 Å². The summed E-state index contributed by atoms with van der Waals surface area (Å²) in [6.45, 7) is 5.09. The number of hydrogen-bond acceptors (Lipinski definition) is 6. The van der Waals surface area contributed by atoms with Gasteiger partial charge in [-0.25, -0.2) is 14.8 Å². The third-order valence-corrected chi connectivity index (χ3v) is 7.04. The molecular weight excluding hydrogens is 448 g/mol. The zero-order chi connectivity index (χ0) is 23.8. The Labute approximate surface area is 201 Å². The van der Waals surface area contributed by atoms with E-state index in [0.29, 0.717) is 35.2 Å². The van der Waals surface area contributed by atoms with Crippen LogP contribution in [0, 0.1) is 0 Å². The molecule has 0 atom stereocenters. The smallest absolute Gasteiger partial charge is 0.354 e. The number of benzene rings is 2. The van der Waals surface area contributed by atoms with E-state index in [1.54, 1.807) is 0 Å². The minimum atomic E-state index is -1.03. The summed E-state index contributed by atoms with van der Waals surface area (Å²) in [5, 5.41) is 13.2. The number of carboxylic acid groups (broad SMARTS) is 1. The highest BCUT2D eigenvalue weighted by Crippen LogP contribution is 2.30. The van der Waals surface area contributed by atoms with E-state index < -0.39 is 5.97 Å². The van der Waals surface area contributed by atoms with Crippen LogP contribution in [0.1, 0.15) is 57.3 Å². The molecule has 2 N–H and O–H groups in total. The standard InChI is InChI=1S/C26H24N4O3S/c1-15(2)17-10-11-22(28-23(17)25(32)33)30-13-12-16-6-5-7-18(19(16)14-30)24(31)29-26-27-20-8-3-4-9-21(20)34-26/h3-11,15H,12-14H2,1-2H3,(H,32,33)(H,27,29,31). The number of hydrogen-bond donors (Lipinski definition) is 2. The fourth-order valence-electron chi connectivity index (χ4n) is 4.35. The van der Waals surface area contributed by atoms with Crippen molar-refractivity contribution >= 4 is 44.4 Å². The number of rotatable bonds is 5. The van der Waals surface area contributed by atoms with E-state index in [2.05, 4.69) is 15.3 Å². The summed E-state index contributed by atoms with van der Waals surface area (Å²) in [6, 6.07) is 17.3. The quantitative estimate of drug-likeness (QED) is 0.408. The van der Waals surface area contributed by atoms with E-state index >= 15 is 0 Å². The van der Waals surface area contributed by atoms with Crippen LogP contribution in [0.25, 0.3) is 10.2 Å². The Hall–Kier alpha value is -3.78. The number of nitrogens with one attached hydrogen (secondary N) is 1. The van der Waals surface area contributed by atoms with E-state index in [4.69, 9.17) is 0 Å². The van der Waals surface area contributed by atoms with Gasteiger partial charge in [-0.2, -0.15) is 0 Å². The van der Waals surface area contributed by atoms with Gasteiger partial charge in [-0.3, -0.25) is 10.1 Å². The van der Waals surface area contributed by atoms with Crippen LogP contribution in [0.5, 0.6) is 0 Å². The molecule has 1 aliphatic rings. The lowest BCUT2D eigenvalue weighted by atomic mass is 9.94. The van der Waals surface area contributed by atoms with E-state index in [1.807, 2.05) is 73.3 Å². The Bertz CT molecular complexity index is 1380. The Morgan fingerprint density at radius 2 is 1.88 bits per heavy atom. The summed E-state index contributed by atoms with van der Waals surface area (Å²) in [6.07, 6.45) is 0.744. The number of nitrogens with zero attached hydrogens (tertiary/aromatic N) is 3. The molecule has 0 fully saturated rings. The van der Waals surface area contributed by atoms with Gasteiger partial charge in [0.2, 0.25) is 0 Å². The molecule has 0 saturated carbocycles. The fraction of sp³-hybridized carbons (Fsp3) is 0.231. The molecule has 2 aromatic heterocycles. The topological polar surface area (TPSA) is 95.4 Å². The first kappa shape index (κ1) is 22.0. The van der Waals surface area contributed by atoms with E-state index in [1.165, 1.54) is 11.3 Å². The lowest BCUT2D eigenvalue weighted by Gasteiger charge is -2.31. The maximum Gasteiger partial charge on any atom is 0.354 e. The minimum Gasteiger partial charge on any atom is -0.477 e. The number of carboxylic acids is 1. The average Bonchev–Trinajstić information content (AvgIpc) is 3.25. The summed E-state index contributed by atoms with van der Waals surface area (Å²) < 4.78 is 1.02. The van der Waals surface area contributed by atoms with Crippen molar-refractivity contribution in [1.29, 1.82) is 0 Å². The van der Waals surface area contributed by atoms with E-state index in [-0.39, 0.29) is 17.5 Å². The summed E-state index contributed by atoms with van der Waals surface area (Å²) in [5.41, 5.74) is 4.29. The summed E-state index contributed by atoms with van der Waals surface area (Å²) >= 11 is 1.44. The maximum absolute atomic E-state index is 13.2. The van der Waals surface area contributed by atoms with Crippen LogP contribution < -0.4 is 10.2 Å². The second-order valence-electron chi connectivity index (χ2n) is 8.62. The first-order chi connectivity index (χ1) is 16.4. The highest BCUT2D eigenvalue weighted by Gasteiger charge is 2.25. The SMILES string of the molecule is CC(C)c1ccc(N2CCc3cccc(C(=O)Nc4nc5ccccc5s4)c3C2)nc1C(=O)O. The largest absolute Gasteiger partial charge is 0.477 e. The summed E-state index contributed by atoms with van der Waals surface area (Å²) in [4.78, 5) is 36.0. The van der Waals surface area contributed by atoms with Gasteiger partial charge < -0.3 is 10.0 Å². The lowest BCUT2D eigenvalue weighted by Crippen LogP contribution is -2.33. The third-order valence-electron chi connectivity index (χ3n) is 6.09. The van der Waals surface area contributed by atoms with Gasteiger partial charge in [0.15, 0.2) is 10.8 Å². The summed E-state index contributed by atoms with van der Waals surface area (Å²) in [5.74, 6) is -0.563. The molecule has 2 aromatic carbocycles. The average molecular weight is 473 g/mol. The van der Waals surface area contributed by atoms with Crippen molar-refractivity contribution in [3.63, 3.8) is 0 Å². The van der Waals surface area contributed by atoms with Crippen molar-refractivity contribution in [3.05, 3.63) is 82.5 Å². The number of thiazole rings is 1. The highest BCUT2D eigenvalue weighted by molar-refractivity contribution is 7.22. The monoisotopic (exact) mass is 472 g/mol. The minimum absolute atomic E-state index is 0.0625. The van der Waals surface area contributed by atoms with Crippen molar-refractivity contribution in [2.45, 2.75) is 32.7 Å². The van der Waals surface area contributed by atoms with Crippen molar-refractivity contribution in [2.75, 3.05) is 16.8 Å². The molecule has 34 heavy (non-hydrogen) atoms. The predicted molar refractivity (Wildman–Crippen MR) is 134 cm³/mol. The molecule has 5 rings (SSSR count). The van der Waals surface area contributed by atoms with Gasteiger partial charge in [0.1, 0.15) is 5.82 Å². The zero-order valence-electron chi connectivity index (χ0n) is 18.9. The molecule has 4 aromatic rings. The molecule has 172 valence electrons. The van der Waals surface area contributed by atoms with Gasteiger partial charge >= 0.3 is 5.97 Å². The normalized spacial score (nSPS) is 13.2. The van der Waals surface area contributed by atoms with E-state index in [0.717, 1.165) is 27.8 Å². The van der Waals surface area contributed by atoms with Crippen LogP contribution in [0.2, 0.25) is 0 Å². The molecule has 3 heterocycles. The van der Waals surface area contributed by atoms with Crippen LogP contribution in [0.3, 0.4) is 0 Å². The van der Waals surface area contributed by atoms with Gasteiger partial charge in [-0.15, -0.1) is 0 Å². The van der Waals surface area contributed by atoms with Gasteiger partial charge in [-0.05, 0) is 53.3 Å². The zero-order valence-corrected chi connectivity index (χ0v) is 19.7. The molecule has 7 nitrogen and oxygen atoms in total. The molecule has 0 unspecified atom stereocenters.